The molecule has 0 amide bonds. The van der Waals surface area contributed by atoms with Crippen LogP contribution in [0, 0.1) is 0 Å². The van der Waals surface area contributed by atoms with Gasteiger partial charge in [0.2, 0.25) is 0 Å². The van der Waals surface area contributed by atoms with Gasteiger partial charge in [-0.2, -0.15) is 0 Å². The lowest BCUT2D eigenvalue weighted by molar-refractivity contribution is 0.00946. The van der Waals surface area contributed by atoms with Gasteiger partial charge in [-0.25, -0.2) is 0 Å². The molecule has 0 spiro atoms. The van der Waals surface area contributed by atoms with Crippen LogP contribution < -0.4 is 5.32 Å². The van der Waals surface area contributed by atoms with E-state index in [1.54, 1.807) is 0 Å². The third kappa shape index (κ3) is 3.60. The molecule has 2 heterocycles. The fourth-order valence-corrected chi connectivity index (χ4v) is 3.18. The Morgan fingerprint density at radius 1 is 1.10 bits per heavy atom. The van der Waals surface area contributed by atoms with Crippen LogP contribution in [0.15, 0.2) is 24.3 Å². The van der Waals surface area contributed by atoms with Crippen molar-refractivity contribution >= 4 is 0 Å². The molecule has 2 aliphatic heterocycles. The molecule has 20 heavy (non-hydrogen) atoms. The number of ether oxygens (including phenoxy) is 2. The first-order chi connectivity index (χ1) is 9.93. The van der Waals surface area contributed by atoms with Crippen molar-refractivity contribution in [2.24, 2.45) is 0 Å². The zero-order valence-corrected chi connectivity index (χ0v) is 12.1. The van der Waals surface area contributed by atoms with Crippen LogP contribution in [-0.2, 0) is 15.9 Å². The van der Waals surface area contributed by atoms with E-state index in [9.17, 15) is 0 Å². The van der Waals surface area contributed by atoms with E-state index < -0.39 is 0 Å². The maximum Gasteiger partial charge on any atom is 0.0952 e. The first-order valence-corrected chi connectivity index (χ1v) is 7.95. The molecule has 1 N–H and O–H groups in total. The minimum atomic E-state index is 0.215. The highest BCUT2D eigenvalue weighted by atomic mass is 16.5. The van der Waals surface area contributed by atoms with Gasteiger partial charge in [0.1, 0.15) is 0 Å². The van der Waals surface area contributed by atoms with Gasteiger partial charge in [0, 0.05) is 13.2 Å². The summed E-state index contributed by atoms with van der Waals surface area (Å²) in [6.45, 7) is 3.72. The average molecular weight is 275 g/mol. The lowest BCUT2D eigenvalue weighted by atomic mass is 9.97. The van der Waals surface area contributed by atoms with Gasteiger partial charge >= 0.3 is 0 Å². The second-order valence-electron chi connectivity index (χ2n) is 5.79. The van der Waals surface area contributed by atoms with E-state index in [0.717, 1.165) is 39.1 Å². The molecule has 2 unspecified atom stereocenters. The van der Waals surface area contributed by atoms with E-state index in [-0.39, 0.29) is 6.10 Å². The summed E-state index contributed by atoms with van der Waals surface area (Å²) in [5.41, 5.74) is 2.81. The highest BCUT2D eigenvalue weighted by Crippen LogP contribution is 2.26. The molecule has 2 atom stereocenters. The fraction of sp³-hybridized carbons (Fsp3) is 0.647. The van der Waals surface area contributed by atoms with Gasteiger partial charge in [0.25, 0.3) is 0 Å². The van der Waals surface area contributed by atoms with Crippen molar-refractivity contribution in [1.82, 2.24) is 5.32 Å². The molecule has 0 saturated carbocycles. The number of hydrogen-bond donors (Lipinski definition) is 1. The fourth-order valence-electron chi connectivity index (χ4n) is 3.18. The van der Waals surface area contributed by atoms with E-state index >= 15 is 0 Å². The summed E-state index contributed by atoms with van der Waals surface area (Å²) in [6.07, 6.45) is 6.63. The summed E-state index contributed by atoms with van der Waals surface area (Å²) in [4.78, 5) is 0. The first kappa shape index (κ1) is 14.1. The van der Waals surface area contributed by atoms with E-state index in [0.29, 0.717) is 6.10 Å². The summed E-state index contributed by atoms with van der Waals surface area (Å²) in [5, 5.41) is 3.54. The second-order valence-corrected chi connectivity index (χ2v) is 5.79. The third-order valence-electron chi connectivity index (χ3n) is 4.34. The molecular weight excluding hydrogens is 250 g/mol. The summed E-state index contributed by atoms with van der Waals surface area (Å²) in [5.74, 6) is 0. The maximum atomic E-state index is 5.90. The molecule has 0 bridgehead atoms. The molecular formula is C17H25NO2. The molecule has 1 aromatic rings. The van der Waals surface area contributed by atoms with Crippen molar-refractivity contribution in [1.29, 1.82) is 0 Å². The van der Waals surface area contributed by atoms with Gasteiger partial charge in [-0.15, -0.1) is 0 Å². The first-order valence-electron chi connectivity index (χ1n) is 7.95. The lowest BCUT2D eigenvalue weighted by Crippen LogP contribution is -2.30. The number of nitrogens with one attached hydrogen (secondary N) is 1. The Kier molecular flexibility index (Phi) is 5.06. The molecule has 1 aromatic carbocycles. The Balaban J connectivity index is 1.43. The molecule has 3 rings (SSSR count). The normalized spacial score (nSPS) is 26.2. The van der Waals surface area contributed by atoms with Crippen molar-refractivity contribution in [2.45, 2.75) is 44.3 Å². The molecule has 1 saturated heterocycles. The molecule has 3 nitrogen and oxygen atoms in total. The molecule has 0 radical (unpaired) electrons. The van der Waals surface area contributed by atoms with E-state index in [1.165, 1.54) is 30.4 Å². The van der Waals surface area contributed by atoms with Gasteiger partial charge in [0.15, 0.2) is 0 Å². The zero-order chi connectivity index (χ0) is 13.6. The van der Waals surface area contributed by atoms with Gasteiger partial charge < -0.3 is 14.8 Å². The predicted octanol–water partition coefficient (Wildman–Crippen LogP) is 2.85. The third-order valence-corrected chi connectivity index (χ3v) is 4.34. The van der Waals surface area contributed by atoms with Crippen LogP contribution in [0.3, 0.4) is 0 Å². The summed E-state index contributed by atoms with van der Waals surface area (Å²) in [7, 11) is 0. The van der Waals surface area contributed by atoms with Gasteiger partial charge in [-0.05, 0) is 49.8 Å². The van der Waals surface area contributed by atoms with E-state index in [1.807, 2.05) is 0 Å². The van der Waals surface area contributed by atoms with Crippen molar-refractivity contribution in [3.63, 3.8) is 0 Å². The highest BCUT2D eigenvalue weighted by molar-refractivity contribution is 5.31. The number of hydrogen-bond acceptors (Lipinski definition) is 3. The van der Waals surface area contributed by atoms with Crippen molar-refractivity contribution in [3.05, 3.63) is 35.4 Å². The van der Waals surface area contributed by atoms with Crippen molar-refractivity contribution in [3.8, 4) is 0 Å². The van der Waals surface area contributed by atoms with Crippen LogP contribution in [-0.4, -0.2) is 32.4 Å². The van der Waals surface area contributed by atoms with E-state index in [4.69, 9.17) is 9.47 Å². The number of benzene rings is 1. The predicted molar refractivity (Wildman–Crippen MR) is 79.9 cm³/mol. The van der Waals surface area contributed by atoms with Gasteiger partial charge in [-0.1, -0.05) is 24.3 Å². The Morgan fingerprint density at radius 2 is 2.05 bits per heavy atom. The minimum absolute atomic E-state index is 0.215. The van der Waals surface area contributed by atoms with Crippen LogP contribution in [0.2, 0.25) is 0 Å². The van der Waals surface area contributed by atoms with Crippen LogP contribution in [0.5, 0.6) is 0 Å². The molecule has 0 aliphatic carbocycles. The van der Waals surface area contributed by atoms with E-state index in [2.05, 4.69) is 29.6 Å². The average Bonchev–Trinajstić information content (AvgIpc) is 2.53. The topological polar surface area (TPSA) is 30.5 Å². The minimum Gasteiger partial charge on any atom is -0.378 e. The molecule has 110 valence electrons. The number of rotatable bonds is 5. The van der Waals surface area contributed by atoms with Gasteiger partial charge in [0.05, 0.1) is 18.8 Å². The summed E-state index contributed by atoms with van der Waals surface area (Å²) in [6, 6.07) is 8.65. The second kappa shape index (κ2) is 7.21. The van der Waals surface area contributed by atoms with Crippen molar-refractivity contribution < 1.29 is 9.47 Å². The van der Waals surface area contributed by atoms with Crippen molar-refractivity contribution in [2.75, 3.05) is 26.3 Å². The zero-order valence-electron chi connectivity index (χ0n) is 12.1. The van der Waals surface area contributed by atoms with Crippen LogP contribution in [0.1, 0.15) is 42.9 Å². The van der Waals surface area contributed by atoms with Gasteiger partial charge in [-0.3, -0.25) is 0 Å². The largest absolute Gasteiger partial charge is 0.378 e. The molecule has 0 aromatic heterocycles. The molecule has 3 heteroatoms. The Morgan fingerprint density at radius 3 is 2.95 bits per heavy atom. The molecule has 2 aliphatic rings. The highest BCUT2D eigenvalue weighted by Gasteiger charge is 2.20. The van der Waals surface area contributed by atoms with Crippen LogP contribution in [0.4, 0.5) is 0 Å². The SMILES string of the molecule is c1ccc2c(c1)CCOC2CNCCC1CCCCO1. The quantitative estimate of drug-likeness (QED) is 0.838. The van der Waals surface area contributed by atoms with Crippen LogP contribution in [0.25, 0.3) is 0 Å². The standard InChI is InChI=1S/C17H25NO2/c1-2-7-16-14(5-1)9-12-20-17(16)13-18-10-8-15-6-3-4-11-19-15/h1-2,5,7,15,17-18H,3-4,6,8-13H2. The Hall–Kier alpha value is -0.900. The summed E-state index contributed by atoms with van der Waals surface area (Å²) < 4.78 is 11.7. The Bertz CT molecular complexity index is 415. The number of fused-ring (bicyclic) bond motifs is 1. The Labute approximate surface area is 121 Å². The lowest BCUT2D eigenvalue weighted by Gasteiger charge is -2.27. The molecule has 1 fully saturated rings. The van der Waals surface area contributed by atoms with Crippen LogP contribution >= 0.6 is 0 Å². The summed E-state index contributed by atoms with van der Waals surface area (Å²) >= 11 is 0. The smallest absolute Gasteiger partial charge is 0.0952 e. The monoisotopic (exact) mass is 275 g/mol. The maximum absolute atomic E-state index is 5.90.